The molecule has 3 heterocycles. The highest BCUT2D eigenvalue weighted by molar-refractivity contribution is 5.88. The molecule has 26 heavy (non-hydrogen) atoms. The molecular formula is C20H23N5O. The van der Waals surface area contributed by atoms with Gasteiger partial charge in [0.15, 0.2) is 0 Å². The van der Waals surface area contributed by atoms with Crippen LogP contribution in [0, 0.1) is 0 Å². The summed E-state index contributed by atoms with van der Waals surface area (Å²) >= 11 is 0. The third kappa shape index (κ3) is 3.60. The predicted octanol–water partition coefficient (Wildman–Crippen LogP) is 3.25. The molecule has 1 saturated heterocycles. The second kappa shape index (κ2) is 7.25. The van der Waals surface area contributed by atoms with Gasteiger partial charge in [0.1, 0.15) is 18.0 Å². The van der Waals surface area contributed by atoms with Crippen molar-refractivity contribution in [2.45, 2.75) is 32.6 Å². The number of aromatic nitrogens is 3. The minimum absolute atomic E-state index is 0.230. The van der Waals surface area contributed by atoms with Gasteiger partial charge in [0, 0.05) is 31.2 Å². The minimum atomic E-state index is 0.230. The molecule has 1 aromatic carbocycles. The van der Waals surface area contributed by atoms with E-state index in [0.29, 0.717) is 6.54 Å². The second-order valence-electron chi connectivity index (χ2n) is 6.78. The average Bonchev–Trinajstić information content (AvgIpc) is 2.66. The van der Waals surface area contributed by atoms with Crippen LogP contribution in [0.15, 0.2) is 48.9 Å². The largest absolute Gasteiger partial charge is 0.372 e. The summed E-state index contributed by atoms with van der Waals surface area (Å²) in [7, 11) is 0. The van der Waals surface area contributed by atoms with Gasteiger partial charge in [-0.2, -0.15) is 0 Å². The van der Waals surface area contributed by atoms with Gasteiger partial charge in [0.25, 0.3) is 0 Å². The van der Waals surface area contributed by atoms with Gasteiger partial charge in [0.2, 0.25) is 0 Å². The Morgan fingerprint density at radius 3 is 2.62 bits per heavy atom. The van der Waals surface area contributed by atoms with E-state index in [4.69, 9.17) is 4.74 Å². The third-order valence-electron chi connectivity index (χ3n) is 4.56. The number of hydrogen-bond donors (Lipinski definition) is 1. The van der Waals surface area contributed by atoms with E-state index in [-0.39, 0.29) is 12.2 Å². The molecule has 1 aliphatic rings. The maximum absolute atomic E-state index is 5.79. The number of anilines is 2. The van der Waals surface area contributed by atoms with E-state index in [1.54, 1.807) is 6.33 Å². The number of nitrogens with zero attached hydrogens (tertiary/aromatic N) is 4. The Bertz CT molecular complexity index is 868. The molecule has 1 aliphatic heterocycles. The zero-order chi connectivity index (χ0) is 17.9. The second-order valence-corrected chi connectivity index (χ2v) is 6.78. The molecule has 3 aromatic rings. The van der Waals surface area contributed by atoms with Crippen LogP contribution in [0.4, 0.5) is 11.6 Å². The lowest BCUT2D eigenvalue weighted by Gasteiger charge is -2.36. The highest BCUT2D eigenvalue weighted by Crippen LogP contribution is 2.21. The van der Waals surface area contributed by atoms with Gasteiger partial charge in [-0.1, -0.05) is 18.2 Å². The van der Waals surface area contributed by atoms with Crippen LogP contribution in [-0.2, 0) is 11.3 Å². The first kappa shape index (κ1) is 16.7. The van der Waals surface area contributed by atoms with Crippen molar-refractivity contribution in [3.05, 3.63) is 54.5 Å². The summed E-state index contributed by atoms with van der Waals surface area (Å²) in [5.74, 6) is 1.85. The lowest BCUT2D eigenvalue weighted by molar-refractivity contribution is -0.00545. The SMILES string of the molecule is C[C@@H]1CN(c2ccc(CNc3ncnc4ccccc34)cn2)C[C@@H](C)O1. The molecule has 1 N–H and O–H groups in total. The lowest BCUT2D eigenvalue weighted by Crippen LogP contribution is -2.45. The highest BCUT2D eigenvalue weighted by Gasteiger charge is 2.22. The zero-order valence-corrected chi connectivity index (χ0v) is 15.1. The molecule has 0 unspecified atom stereocenters. The molecule has 2 atom stereocenters. The normalized spacial score (nSPS) is 20.3. The highest BCUT2D eigenvalue weighted by atomic mass is 16.5. The van der Waals surface area contributed by atoms with Crippen molar-refractivity contribution in [3.8, 4) is 0 Å². The molecule has 2 aromatic heterocycles. The van der Waals surface area contributed by atoms with E-state index in [1.165, 1.54) is 0 Å². The summed E-state index contributed by atoms with van der Waals surface area (Å²) in [4.78, 5) is 15.6. The van der Waals surface area contributed by atoms with E-state index in [9.17, 15) is 0 Å². The fourth-order valence-corrected chi connectivity index (χ4v) is 3.40. The Balaban J connectivity index is 1.44. The fraction of sp³-hybridized carbons (Fsp3) is 0.350. The Morgan fingerprint density at radius 2 is 1.85 bits per heavy atom. The lowest BCUT2D eigenvalue weighted by atomic mass is 10.2. The van der Waals surface area contributed by atoms with E-state index in [2.05, 4.69) is 51.1 Å². The van der Waals surface area contributed by atoms with Gasteiger partial charge in [-0.15, -0.1) is 0 Å². The topological polar surface area (TPSA) is 63.2 Å². The van der Waals surface area contributed by atoms with Gasteiger partial charge >= 0.3 is 0 Å². The van der Waals surface area contributed by atoms with Gasteiger partial charge < -0.3 is 15.0 Å². The zero-order valence-electron chi connectivity index (χ0n) is 15.1. The molecule has 134 valence electrons. The number of morpholine rings is 1. The van der Waals surface area contributed by atoms with Crippen LogP contribution in [-0.4, -0.2) is 40.2 Å². The van der Waals surface area contributed by atoms with E-state index >= 15 is 0 Å². The van der Waals surface area contributed by atoms with Gasteiger partial charge in [-0.25, -0.2) is 15.0 Å². The van der Waals surface area contributed by atoms with E-state index in [1.807, 2.05) is 30.5 Å². The van der Waals surface area contributed by atoms with Gasteiger partial charge in [-0.3, -0.25) is 0 Å². The molecule has 6 nitrogen and oxygen atoms in total. The number of rotatable bonds is 4. The molecule has 0 amide bonds. The molecule has 4 rings (SSSR count). The van der Waals surface area contributed by atoms with Crippen LogP contribution >= 0.6 is 0 Å². The molecule has 0 radical (unpaired) electrons. The number of nitrogens with one attached hydrogen (secondary N) is 1. The van der Waals surface area contributed by atoms with Crippen molar-refractivity contribution in [1.29, 1.82) is 0 Å². The summed E-state index contributed by atoms with van der Waals surface area (Å²) in [6.45, 7) is 6.63. The van der Waals surface area contributed by atoms with Crippen molar-refractivity contribution in [2.75, 3.05) is 23.3 Å². The molecule has 0 saturated carbocycles. The van der Waals surface area contributed by atoms with Crippen molar-refractivity contribution in [3.63, 3.8) is 0 Å². The molecule has 6 heteroatoms. The Labute approximate surface area is 153 Å². The maximum atomic E-state index is 5.79. The standard InChI is InChI=1S/C20H23N5O/c1-14-11-25(12-15(2)26-14)19-8-7-16(9-21-19)10-22-20-17-5-3-4-6-18(17)23-13-24-20/h3-9,13-15H,10-12H2,1-2H3,(H,22,23,24)/t14-,15-/m1/s1. The summed E-state index contributed by atoms with van der Waals surface area (Å²) in [6, 6.07) is 12.2. The maximum Gasteiger partial charge on any atom is 0.137 e. The molecule has 1 fully saturated rings. The Kier molecular flexibility index (Phi) is 4.67. The molecular weight excluding hydrogens is 326 g/mol. The monoisotopic (exact) mass is 349 g/mol. The number of hydrogen-bond acceptors (Lipinski definition) is 6. The van der Waals surface area contributed by atoms with Crippen LogP contribution in [0.1, 0.15) is 19.4 Å². The van der Waals surface area contributed by atoms with Gasteiger partial charge in [0.05, 0.1) is 17.7 Å². The molecule has 0 aliphatic carbocycles. The quantitative estimate of drug-likeness (QED) is 0.780. The van der Waals surface area contributed by atoms with Gasteiger partial charge in [-0.05, 0) is 37.6 Å². The number of pyridine rings is 1. The Morgan fingerprint density at radius 1 is 1.04 bits per heavy atom. The van der Waals surface area contributed by atoms with Crippen molar-refractivity contribution >= 4 is 22.5 Å². The van der Waals surface area contributed by atoms with Crippen LogP contribution in [0.2, 0.25) is 0 Å². The first-order valence-corrected chi connectivity index (χ1v) is 8.98. The third-order valence-corrected chi connectivity index (χ3v) is 4.56. The first-order chi connectivity index (χ1) is 12.7. The average molecular weight is 349 g/mol. The predicted molar refractivity (Wildman–Crippen MR) is 103 cm³/mol. The number of para-hydroxylation sites is 1. The number of ether oxygens (including phenoxy) is 1. The first-order valence-electron chi connectivity index (χ1n) is 8.98. The number of benzene rings is 1. The number of fused-ring (bicyclic) bond motifs is 1. The molecule has 0 spiro atoms. The smallest absolute Gasteiger partial charge is 0.137 e. The van der Waals surface area contributed by atoms with Crippen molar-refractivity contribution in [1.82, 2.24) is 15.0 Å². The van der Waals surface area contributed by atoms with E-state index in [0.717, 1.165) is 41.2 Å². The summed E-state index contributed by atoms with van der Waals surface area (Å²) in [5, 5.41) is 4.42. The Hall–Kier alpha value is -2.73. The molecule has 0 bridgehead atoms. The van der Waals surface area contributed by atoms with Crippen LogP contribution in [0.25, 0.3) is 10.9 Å². The fourth-order valence-electron chi connectivity index (χ4n) is 3.40. The van der Waals surface area contributed by atoms with Crippen LogP contribution < -0.4 is 10.2 Å². The minimum Gasteiger partial charge on any atom is -0.372 e. The van der Waals surface area contributed by atoms with Crippen LogP contribution in [0.5, 0.6) is 0 Å². The van der Waals surface area contributed by atoms with E-state index < -0.39 is 0 Å². The van der Waals surface area contributed by atoms with Crippen molar-refractivity contribution < 1.29 is 4.74 Å². The summed E-state index contributed by atoms with van der Waals surface area (Å²) in [6.07, 6.45) is 3.98. The summed E-state index contributed by atoms with van der Waals surface area (Å²) in [5.41, 5.74) is 2.06. The van der Waals surface area contributed by atoms with Crippen molar-refractivity contribution in [2.24, 2.45) is 0 Å². The van der Waals surface area contributed by atoms with Crippen LogP contribution in [0.3, 0.4) is 0 Å². The summed E-state index contributed by atoms with van der Waals surface area (Å²) < 4.78 is 5.79.